The maximum Gasteiger partial charge on any atom is 0.231 e. The van der Waals surface area contributed by atoms with Crippen LogP contribution >= 0.6 is 0 Å². The first-order valence-corrected chi connectivity index (χ1v) is 6.14. The number of carbonyl (C=O) groups is 1. The number of nitrogens with zero attached hydrogens (tertiary/aromatic N) is 1. The molecular weight excluding hydrogens is 193 g/mol. The first-order valence-electron chi connectivity index (χ1n) is 6.14. The predicted octanol–water partition coefficient (Wildman–Crippen LogP) is 2.53. The van der Waals surface area contributed by atoms with Crippen molar-refractivity contribution in [1.82, 2.24) is 4.90 Å². The van der Waals surface area contributed by atoms with Crippen LogP contribution in [0.25, 0.3) is 0 Å². The number of halogens is 1. The minimum atomic E-state index is -0.607. The minimum absolute atomic E-state index is 0.0955. The van der Waals surface area contributed by atoms with Crippen LogP contribution in [0.5, 0.6) is 0 Å². The number of amides is 1. The van der Waals surface area contributed by atoms with Gasteiger partial charge < -0.3 is 4.90 Å². The highest BCUT2D eigenvalue weighted by Crippen LogP contribution is 2.43. The monoisotopic (exact) mass is 213 g/mol. The summed E-state index contributed by atoms with van der Waals surface area (Å²) < 4.78 is 13.0. The molecule has 2 nitrogen and oxygen atoms in total. The molecule has 2 rings (SSSR count). The van der Waals surface area contributed by atoms with Gasteiger partial charge in [-0.1, -0.05) is 19.3 Å². The number of likely N-dealkylation sites (tertiary alicyclic amines) is 1. The zero-order chi connectivity index (χ0) is 10.7. The van der Waals surface area contributed by atoms with Crippen LogP contribution in [0.3, 0.4) is 0 Å². The lowest BCUT2D eigenvalue weighted by atomic mass is 9.68. The zero-order valence-corrected chi connectivity index (χ0v) is 9.30. The van der Waals surface area contributed by atoms with E-state index in [1.165, 1.54) is 12.8 Å². The van der Waals surface area contributed by atoms with Crippen LogP contribution in [0.4, 0.5) is 4.39 Å². The molecule has 0 bridgehead atoms. The molecule has 1 saturated heterocycles. The lowest BCUT2D eigenvalue weighted by Gasteiger charge is -2.41. The molecule has 1 aliphatic carbocycles. The summed E-state index contributed by atoms with van der Waals surface area (Å²) in [6.45, 7) is 1.24. The van der Waals surface area contributed by atoms with Gasteiger partial charge >= 0.3 is 0 Å². The molecule has 0 aromatic rings. The van der Waals surface area contributed by atoms with Gasteiger partial charge in [-0.2, -0.15) is 0 Å². The van der Waals surface area contributed by atoms with E-state index in [1.54, 1.807) is 0 Å². The second-order valence-corrected chi connectivity index (χ2v) is 4.97. The first kappa shape index (κ1) is 10.9. The van der Waals surface area contributed by atoms with Crippen molar-refractivity contribution >= 4 is 5.91 Å². The Balaban J connectivity index is 1.98. The van der Waals surface area contributed by atoms with Gasteiger partial charge in [0.2, 0.25) is 5.91 Å². The molecule has 1 saturated carbocycles. The molecule has 0 atom stereocenters. The van der Waals surface area contributed by atoms with E-state index in [9.17, 15) is 9.18 Å². The second-order valence-electron chi connectivity index (χ2n) is 4.97. The van der Waals surface area contributed by atoms with Gasteiger partial charge in [0.1, 0.15) is 6.67 Å². The number of rotatable bonds is 2. The van der Waals surface area contributed by atoms with Gasteiger partial charge in [-0.05, 0) is 25.7 Å². The SMILES string of the molecule is O=C(N1CCCCCC1)C1(CF)CCC1. The number of hydrogen-bond acceptors (Lipinski definition) is 1. The Hall–Kier alpha value is -0.600. The molecule has 0 aromatic heterocycles. The Morgan fingerprint density at radius 3 is 2.07 bits per heavy atom. The highest BCUT2D eigenvalue weighted by Gasteiger charge is 2.46. The maximum absolute atomic E-state index is 13.0. The molecule has 0 aromatic carbocycles. The van der Waals surface area contributed by atoms with Gasteiger partial charge in [0.15, 0.2) is 0 Å². The molecule has 3 heteroatoms. The van der Waals surface area contributed by atoms with E-state index in [0.717, 1.165) is 45.2 Å². The van der Waals surface area contributed by atoms with E-state index < -0.39 is 12.1 Å². The lowest BCUT2D eigenvalue weighted by molar-refractivity contribution is -0.148. The molecule has 1 amide bonds. The van der Waals surface area contributed by atoms with E-state index >= 15 is 0 Å². The summed E-state index contributed by atoms with van der Waals surface area (Å²) >= 11 is 0. The van der Waals surface area contributed by atoms with Gasteiger partial charge in [-0.15, -0.1) is 0 Å². The Morgan fingerprint density at radius 1 is 1.07 bits per heavy atom. The highest BCUT2D eigenvalue weighted by atomic mass is 19.1. The molecule has 1 aliphatic heterocycles. The van der Waals surface area contributed by atoms with Gasteiger partial charge in [0.05, 0.1) is 5.41 Å². The molecule has 0 spiro atoms. The third-order valence-electron chi connectivity index (χ3n) is 3.91. The minimum Gasteiger partial charge on any atom is -0.342 e. The molecule has 1 heterocycles. The van der Waals surface area contributed by atoms with Crippen LogP contribution < -0.4 is 0 Å². The molecule has 2 fully saturated rings. The Bertz CT molecular complexity index is 224. The molecule has 86 valence electrons. The lowest BCUT2D eigenvalue weighted by Crippen LogP contribution is -2.49. The van der Waals surface area contributed by atoms with Crippen molar-refractivity contribution in [2.24, 2.45) is 5.41 Å². The molecule has 0 N–H and O–H groups in total. The van der Waals surface area contributed by atoms with Crippen LogP contribution in [0, 0.1) is 5.41 Å². The normalized spacial score (nSPS) is 25.5. The topological polar surface area (TPSA) is 20.3 Å². The Labute approximate surface area is 90.8 Å². The molecule has 15 heavy (non-hydrogen) atoms. The van der Waals surface area contributed by atoms with Crippen LogP contribution in [0.2, 0.25) is 0 Å². The largest absolute Gasteiger partial charge is 0.342 e. The smallest absolute Gasteiger partial charge is 0.231 e. The zero-order valence-electron chi connectivity index (χ0n) is 9.30. The molecular formula is C12H20FNO. The van der Waals surface area contributed by atoms with Gasteiger partial charge in [-0.3, -0.25) is 4.79 Å². The standard InChI is InChI=1S/C12H20FNO/c13-10-12(6-5-7-12)11(15)14-8-3-1-2-4-9-14/h1-10H2. The van der Waals surface area contributed by atoms with Crippen molar-refractivity contribution in [3.63, 3.8) is 0 Å². The van der Waals surface area contributed by atoms with Crippen molar-refractivity contribution in [1.29, 1.82) is 0 Å². The number of hydrogen-bond donors (Lipinski definition) is 0. The molecule has 0 unspecified atom stereocenters. The van der Waals surface area contributed by atoms with Gasteiger partial charge in [-0.25, -0.2) is 4.39 Å². The van der Waals surface area contributed by atoms with Crippen molar-refractivity contribution in [3.05, 3.63) is 0 Å². The van der Waals surface area contributed by atoms with E-state index in [4.69, 9.17) is 0 Å². The van der Waals surface area contributed by atoms with Crippen molar-refractivity contribution in [2.45, 2.75) is 44.9 Å². The summed E-state index contributed by atoms with van der Waals surface area (Å²) in [4.78, 5) is 14.1. The van der Waals surface area contributed by atoms with E-state index in [2.05, 4.69) is 0 Å². The summed E-state index contributed by atoms with van der Waals surface area (Å²) in [7, 11) is 0. The number of carbonyl (C=O) groups excluding carboxylic acids is 1. The second kappa shape index (κ2) is 4.50. The quantitative estimate of drug-likeness (QED) is 0.690. The third-order valence-corrected chi connectivity index (χ3v) is 3.91. The Kier molecular flexibility index (Phi) is 3.27. The van der Waals surface area contributed by atoms with Crippen molar-refractivity contribution in [2.75, 3.05) is 19.8 Å². The highest BCUT2D eigenvalue weighted by molar-refractivity contribution is 5.83. The van der Waals surface area contributed by atoms with E-state index in [1.807, 2.05) is 4.90 Å². The average molecular weight is 213 g/mol. The van der Waals surface area contributed by atoms with Crippen LogP contribution in [-0.4, -0.2) is 30.6 Å². The summed E-state index contributed by atoms with van der Waals surface area (Å²) in [5, 5.41) is 0. The molecule has 2 aliphatic rings. The fraction of sp³-hybridized carbons (Fsp3) is 0.917. The van der Waals surface area contributed by atoms with Gasteiger partial charge in [0.25, 0.3) is 0 Å². The molecule has 0 radical (unpaired) electrons. The number of alkyl halides is 1. The van der Waals surface area contributed by atoms with Gasteiger partial charge in [0, 0.05) is 13.1 Å². The first-order chi connectivity index (χ1) is 7.28. The predicted molar refractivity (Wildman–Crippen MR) is 57.3 cm³/mol. The van der Waals surface area contributed by atoms with E-state index in [-0.39, 0.29) is 5.91 Å². The summed E-state index contributed by atoms with van der Waals surface area (Å²) in [5.41, 5.74) is -0.607. The van der Waals surface area contributed by atoms with Crippen molar-refractivity contribution in [3.8, 4) is 0 Å². The fourth-order valence-electron chi connectivity index (χ4n) is 2.62. The average Bonchev–Trinajstić information content (AvgIpc) is 2.44. The van der Waals surface area contributed by atoms with Crippen LogP contribution in [0.1, 0.15) is 44.9 Å². The third kappa shape index (κ3) is 2.01. The summed E-state index contributed by atoms with van der Waals surface area (Å²) in [6, 6.07) is 0. The van der Waals surface area contributed by atoms with Crippen LogP contribution in [0.15, 0.2) is 0 Å². The summed E-state index contributed by atoms with van der Waals surface area (Å²) in [5.74, 6) is 0.0955. The van der Waals surface area contributed by atoms with Crippen LogP contribution in [-0.2, 0) is 4.79 Å². The van der Waals surface area contributed by atoms with Crippen molar-refractivity contribution < 1.29 is 9.18 Å². The summed E-state index contributed by atoms with van der Waals surface area (Å²) in [6.07, 6.45) is 7.15. The van der Waals surface area contributed by atoms with E-state index in [0.29, 0.717) is 0 Å². The maximum atomic E-state index is 13.0. The fourth-order valence-corrected chi connectivity index (χ4v) is 2.62. The Morgan fingerprint density at radius 2 is 1.67 bits per heavy atom.